The van der Waals surface area contributed by atoms with E-state index in [-0.39, 0.29) is 12.5 Å². The minimum Gasteiger partial charge on any atom is -0.494 e. The number of benzene rings is 1. The molecule has 0 radical (unpaired) electrons. The van der Waals surface area contributed by atoms with Crippen LogP contribution in [-0.4, -0.2) is 36.2 Å². The second kappa shape index (κ2) is 8.92. The van der Waals surface area contributed by atoms with Gasteiger partial charge in [0.1, 0.15) is 17.5 Å². The molecule has 0 bridgehead atoms. The van der Waals surface area contributed by atoms with E-state index in [2.05, 4.69) is 5.32 Å². The standard InChI is InChI=1S/C16H23NO5/c1-4-21-12-5-7-13(8-6-12)22-10-15(18)17-14(16(19)20)9-11(2)3/h5-8,11,14H,4,9-10H2,1-3H3,(H,17,18)(H,19,20). The first-order valence-electron chi connectivity index (χ1n) is 7.30. The van der Waals surface area contributed by atoms with Gasteiger partial charge < -0.3 is 19.9 Å². The van der Waals surface area contributed by atoms with Crippen LogP contribution in [0, 0.1) is 5.92 Å². The SMILES string of the molecule is CCOc1ccc(OCC(=O)NC(CC(C)C)C(=O)O)cc1. The molecule has 0 aliphatic rings. The molecule has 1 rings (SSSR count). The highest BCUT2D eigenvalue weighted by Gasteiger charge is 2.21. The highest BCUT2D eigenvalue weighted by molar-refractivity contribution is 5.84. The molecule has 1 aromatic rings. The zero-order valence-electron chi connectivity index (χ0n) is 13.2. The minimum absolute atomic E-state index is 0.174. The van der Waals surface area contributed by atoms with E-state index in [4.69, 9.17) is 14.6 Å². The molecule has 1 aromatic carbocycles. The Morgan fingerprint density at radius 2 is 1.68 bits per heavy atom. The lowest BCUT2D eigenvalue weighted by Gasteiger charge is -2.16. The number of carbonyl (C=O) groups excluding carboxylic acids is 1. The summed E-state index contributed by atoms with van der Waals surface area (Å²) < 4.78 is 10.6. The maximum absolute atomic E-state index is 11.8. The van der Waals surface area contributed by atoms with Crippen molar-refractivity contribution in [2.24, 2.45) is 5.92 Å². The Kier molecular flexibility index (Phi) is 7.22. The van der Waals surface area contributed by atoms with Crippen LogP contribution >= 0.6 is 0 Å². The van der Waals surface area contributed by atoms with Crippen molar-refractivity contribution in [1.29, 1.82) is 0 Å². The van der Waals surface area contributed by atoms with Crippen molar-refractivity contribution in [3.05, 3.63) is 24.3 Å². The van der Waals surface area contributed by atoms with Gasteiger partial charge in [-0.1, -0.05) is 13.8 Å². The van der Waals surface area contributed by atoms with E-state index in [9.17, 15) is 9.59 Å². The van der Waals surface area contributed by atoms with Crippen LogP contribution in [0.1, 0.15) is 27.2 Å². The van der Waals surface area contributed by atoms with E-state index < -0.39 is 17.9 Å². The van der Waals surface area contributed by atoms with Crippen molar-refractivity contribution in [2.45, 2.75) is 33.2 Å². The highest BCUT2D eigenvalue weighted by atomic mass is 16.5. The van der Waals surface area contributed by atoms with Gasteiger partial charge in [-0.3, -0.25) is 4.79 Å². The summed E-state index contributed by atoms with van der Waals surface area (Å²) in [5.74, 6) is -0.0741. The van der Waals surface area contributed by atoms with E-state index >= 15 is 0 Å². The predicted molar refractivity (Wildman–Crippen MR) is 82.1 cm³/mol. The van der Waals surface area contributed by atoms with Gasteiger partial charge in [0.05, 0.1) is 6.61 Å². The first kappa shape index (κ1) is 17.8. The lowest BCUT2D eigenvalue weighted by atomic mass is 10.0. The molecule has 1 amide bonds. The summed E-state index contributed by atoms with van der Waals surface area (Å²) in [6.07, 6.45) is 0.379. The highest BCUT2D eigenvalue weighted by Crippen LogP contribution is 2.17. The topological polar surface area (TPSA) is 84.9 Å². The monoisotopic (exact) mass is 309 g/mol. The second-order valence-corrected chi connectivity index (χ2v) is 5.28. The second-order valence-electron chi connectivity index (χ2n) is 5.28. The molecule has 0 saturated heterocycles. The van der Waals surface area contributed by atoms with E-state index in [1.165, 1.54) is 0 Å². The number of ether oxygens (including phenoxy) is 2. The van der Waals surface area contributed by atoms with Gasteiger partial charge in [-0.15, -0.1) is 0 Å². The predicted octanol–water partition coefficient (Wildman–Crippen LogP) is 2.08. The third-order valence-corrected chi connectivity index (χ3v) is 2.85. The van der Waals surface area contributed by atoms with Crippen molar-refractivity contribution in [1.82, 2.24) is 5.32 Å². The molecule has 0 spiro atoms. The average Bonchev–Trinajstić information content (AvgIpc) is 2.45. The molecule has 0 aromatic heterocycles. The van der Waals surface area contributed by atoms with Gasteiger partial charge in [-0.05, 0) is 43.5 Å². The lowest BCUT2D eigenvalue weighted by molar-refractivity contribution is -0.142. The molecular weight excluding hydrogens is 286 g/mol. The molecule has 22 heavy (non-hydrogen) atoms. The Hall–Kier alpha value is -2.24. The zero-order chi connectivity index (χ0) is 16.5. The number of rotatable bonds is 9. The quantitative estimate of drug-likeness (QED) is 0.729. The number of carboxylic acids is 1. The number of aliphatic carboxylic acids is 1. The van der Waals surface area contributed by atoms with E-state index in [0.717, 1.165) is 5.75 Å². The van der Waals surface area contributed by atoms with Crippen LogP contribution < -0.4 is 14.8 Å². The molecule has 1 unspecified atom stereocenters. The first-order chi connectivity index (χ1) is 10.4. The Morgan fingerprint density at radius 1 is 1.14 bits per heavy atom. The van der Waals surface area contributed by atoms with Crippen LogP contribution in [-0.2, 0) is 9.59 Å². The Labute approximate surface area is 130 Å². The van der Waals surface area contributed by atoms with Gasteiger partial charge in [-0.25, -0.2) is 4.79 Å². The molecule has 0 heterocycles. The fraction of sp³-hybridized carbons (Fsp3) is 0.500. The number of carbonyl (C=O) groups is 2. The summed E-state index contributed by atoms with van der Waals surface area (Å²) >= 11 is 0. The lowest BCUT2D eigenvalue weighted by Crippen LogP contribution is -2.43. The minimum atomic E-state index is -1.04. The van der Waals surface area contributed by atoms with Crippen LogP contribution in [0.25, 0.3) is 0 Å². The van der Waals surface area contributed by atoms with Crippen molar-refractivity contribution in [2.75, 3.05) is 13.2 Å². The zero-order valence-corrected chi connectivity index (χ0v) is 13.2. The smallest absolute Gasteiger partial charge is 0.326 e. The van der Waals surface area contributed by atoms with Gasteiger partial charge in [-0.2, -0.15) is 0 Å². The van der Waals surface area contributed by atoms with Crippen LogP contribution in [0.3, 0.4) is 0 Å². The largest absolute Gasteiger partial charge is 0.494 e. The van der Waals surface area contributed by atoms with Crippen LogP contribution in [0.2, 0.25) is 0 Å². The molecule has 2 N–H and O–H groups in total. The third kappa shape index (κ3) is 6.47. The number of nitrogens with one attached hydrogen (secondary N) is 1. The van der Waals surface area contributed by atoms with Crippen LogP contribution in [0.4, 0.5) is 0 Å². The number of hydrogen-bond acceptors (Lipinski definition) is 4. The first-order valence-corrected chi connectivity index (χ1v) is 7.30. The summed E-state index contributed by atoms with van der Waals surface area (Å²) in [4.78, 5) is 22.8. The molecule has 122 valence electrons. The van der Waals surface area contributed by atoms with Crippen LogP contribution in [0.5, 0.6) is 11.5 Å². The third-order valence-electron chi connectivity index (χ3n) is 2.85. The normalized spacial score (nSPS) is 11.8. The van der Waals surface area contributed by atoms with Gasteiger partial charge in [0.15, 0.2) is 6.61 Å². The molecule has 0 aliphatic heterocycles. The number of hydrogen-bond donors (Lipinski definition) is 2. The molecule has 6 nitrogen and oxygen atoms in total. The maximum atomic E-state index is 11.8. The summed E-state index contributed by atoms with van der Waals surface area (Å²) in [7, 11) is 0. The van der Waals surface area contributed by atoms with Gasteiger partial charge in [0.2, 0.25) is 0 Å². The number of carboxylic acid groups (broad SMARTS) is 1. The van der Waals surface area contributed by atoms with E-state index in [1.807, 2.05) is 20.8 Å². The summed E-state index contributed by atoms with van der Waals surface area (Å²) in [5, 5.41) is 11.5. The Balaban J connectivity index is 2.45. The average molecular weight is 309 g/mol. The van der Waals surface area contributed by atoms with Crippen molar-refractivity contribution < 1.29 is 24.2 Å². The van der Waals surface area contributed by atoms with Gasteiger partial charge >= 0.3 is 5.97 Å². The van der Waals surface area contributed by atoms with Crippen molar-refractivity contribution >= 4 is 11.9 Å². The van der Waals surface area contributed by atoms with Gasteiger partial charge in [0, 0.05) is 0 Å². The maximum Gasteiger partial charge on any atom is 0.326 e. The molecule has 0 saturated carbocycles. The number of amides is 1. The fourth-order valence-electron chi connectivity index (χ4n) is 1.88. The Bertz CT molecular complexity index is 484. The molecule has 6 heteroatoms. The van der Waals surface area contributed by atoms with Gasteiger partial charge in [0.25, 0.3) is 5.91 Å². The summed E-state index contributed by atoms with van der Waals surface area (Å²) in [5.41, 5.74) is 0. The summed E-state index contributed by atoms with van der Waals surface area (Å²) in [6, 6.07) is 5.99. The van der Waals surface area contributed by atoms with Crippen LogP contribution in [0.15, 0.2) is 24.3 Å². The van der Waals surface area contributed by atoms with Crippen molar-refractivity contribution in [3.8, 4) is 11.5 Å². The van der Waals surface area contributed by atoms with E-state index in [0.29, 0.717) is 18.8 Å². The van der Waals surface area contributed by atoms with E-state index in [1.54, 1.807) is 24.3 Å². The summed E-state index contributed by atoms with van der Waals surface area (Å²) in [6.45, 7) is 6.05. The fourth-order valence-corrected chi connectivity index (χ4v) is 1.88. The Morgan fingerprint density at radius 3 is 2.14 bits per heavy atom. The molecular formula is C16H23NO5. The molecule has 0 aliphatic carbocycles. The van der Waals surface area contributed by atoms with Crippen molar-refractivity contribution in [3.63, 3.8) is 0 Å². The molecule has 0 fully saturated rings. The molecule has 1 atom stereocenters.